The second-order valence-electron chi connectivity index (χ2n) is 5.72. The number of benzene rings is 2. The summed E-state index contributed by atoms with van der Waals surface area (Å²) in [7, 11) is 3.05. The summed E-state index contributed by atoms with van der Waals surface area (Å²) in [5.74, 6) is 1.27. The first-order chi connectivity index (χ1) is 11.7. The fourth-order valence-electron chi connectivity index (χ4n) is 2.79. The molecule has 0 fully saturated rings. The first kappa shape index (κ1) is 16.3. The van der Waals surface area contributed by atoms with Gasteiger partial charge in [-0.05, 0) is 29.8 Å². The van der Waals surface area contributed by atoms with E-state index >= 15 is 0 Å². The Bertz CT molecular complexity index is 712. The Hall–Kier alpha value is -2.53. The van der Waals surface area contributed by atoms with Crippen LogP contribution in [0, 0.1) is 0 Å². The normalized spacial score (nSPS) is 14.2. The molecule has 0 N–H and O–H groups in total. The van der Waals surface area contributed by atoms with Gasteiger partial charge in [-0.15, -0.1) is 0 Å². The van der Waals surface area contributed by atoms with Gasteiger partial charge in [-0.3, -0.25) is 4.90 Å². The molecule has 1 heterocycles. The summed E-state index contributed by atoms with van der Waals surface area (Å²) < 4.78 is 15.8. The zero-order valence-electron chi connectivity index (χ0n) is 14.0. The minimum Gasteiger partial charge on any atom is -0.497 e. The van der Waals surface area contributed by atoms with Crippen LogP contribution in [0.25, 0.3) is 0 Å². The molecule has 1 aliphatic rings. The maximum Gasteiger partial charge on any atom is 0.337 e. The molecule has 0 atom stereocenters. The molecule has 1 aliphatic heterocycles. The van der Waals surface area contributed by atoms with E-state index in [1.165, 1.54) is 12.7 Å². The van der Waals surface area contributed by atoms with Crippen molar-refractivity contribution in [3.63, 3.8) is 0 Å². The molecular weight excluding hydrogens is 306 g/mol. The van der Waals surface area contributed by atoms with Crippen LogP contribution >= 0.6 is 0 Å². The Morgan fingerprint density at radius 3 is 2.67 bits per heavy atom. The van der Waals surface area contributed by atoms with Crippen LogP contribution in [0.1, 0.15) is 21.5 Å². The first-order valence-corrected chi connectivity index (χ1v) is 7.89. The van der Waals surface area contributed by atoms with E-state index < -0.39 is 0 Å². The van der Waals surface area contributed by atoms with Crippen molar-refractivity contribution in [2.24, 2.45) is 0 Å². The fraction of sp³-hybridized carbons (Fsp3) is 0.316. The molecule has 0 unspecified atom stereocenters. The van der Waals surface area contributed by atoms with Gasteiger partial charge >= 0.3 is 5.97 Å². The molecule has 2 aromatic rings. The highest BCUT2D eigenvalue weighted by Gasteiger charge is 2.17. The Labute approximate surface area is 141 Å². The van der Waals surface area contributed by atoms with E-state index in [0.717, 1.165) is 36.7 Å². The maximum atomic E-state index is 11.6. The van der Waals surface area contributed by atoms with E-state index in [4.69, 9.17) is 14.2 Å². The van der Waals surface area contributed by atoms with Crippen molar-refractivity contribution >= 4 is 5.97 Å². The number of hydrogen-bond donors (Lipinski definition) is 0. The van der Waals surface area contributed by atoms with E-state index in [1.807, 2.05) is 18.2 Å². The number of fused-ring (bicyclic) bond motifs is 1. The second-order valence-corrected chi connectivity index (χ2v) is 5.72. The van der Waals surface area contributed by atoms with Crippen molar-refractivity contribution in [3.05, 3.63) is 59.2 Å². The molecule has 5 nitrogen and oxygen atoms in total. The SMILES string of the molecule is COC(=O)c1ccc2c(c1)OCCN(Cc1ccc(OC)cc1)C2. The number of esters is 1. The van der Waals surface area contributed by atoms with E-state index in [-0.39, 0.29) is 5.97 Å². The largest absolute Gasteiger partial charge is 0.497 e. The summed E-state index contributed by atoms with van der Waals surface area (Å²) in [6, 6.07) is 13.6. The molecule has 126 valence electrons. The van der Waals surface area contributed by atoms with Crippen LogP contribution in [0.5, 0.6) is 11.5 Å². The zero-order valence-corrected chi connectivity index (χ0v) is 14.0. The van der Waals surface area contributed by atoms with Gasteiger partial charge in [0.2, 0.25) is 0 Å². The summed E-state index contributed by atoms with van der Waals surface area (Å²) in [6.45, 7) is 3.04. The van der Waals surface area contributed by atoms with E-state index in [9.17, 15) is 4.79 Å². The highest BCUT2D eigenvalue weighted by molar-refractivity contribution is 5.89. The second kappa shape index (κ2) is 7.36. The van der Waals surface area contributed by atoms with E-state index in [0.29, 0.717) is 12.2 Å². The number of methoxy groups -OCH3 is 2. The third kappa shape index (κ3) is 3.68. The lowest BCUT2D eigenvalue weighted by atomic mass is 10.1. The first-order valence-electron chi connectivity index (χ1n) is 7.89. The molecule has 2 aromatic carbocycles. The van der Waals surface area contributed by atoms with Gasteiger partial charge in [0.15, 0.2) is 0 Å². The van der Waals surface area contributed by atoms with Crippen molar-refractivity contribution in [1.29, 1.82) is 0 Å². The smallest absolute Gasteiger partial charge is 0.337 e. The van der Waals surface area contributed by atoms with Gasteiger partial charge in [0.05, 0.1) is 19.8 Å². The highest BCUT2D eigenvalue weighted by Crippen LogP contribution is 2.26. The molecule has 5 heteroatoms. The van der Waals surface area contributed by atoms with E-state index in [1.54, 1.807) is 19.2 Å². The molecule has 0 amide bonds. The molecule has 0 saturated heterocycles. The van der Waals surface area contributed by atoms with Crippen LogP contribution in [0.4, 0.5) is 0 Å². The third-order valence-corrected chi connectivity index (χ3v) is 4.11. The minimum absolute atomic E-state index is 0.347. The van der Waals surface area contributed by atoms with Gasteiger partial charge in [-0.1, -0.05) is 18.2 Å². The average Bonchev–Trinajstić information content (AvgIpc) is 2.82. The van der Waals surface area contributed by atoms with Gasteiger partial charge in [0, 0.05) is 25.2 Å². The van der Waals surface area contributed by atoms with Crippen LogP contribution in [0.3, 0.4) is 0 Å². The standard InChI is InChI=1S/C19H21NO4/c1-22-17-7-3-14(4-8-17)12-20-9-10-24-18-11-15(19(21)23-2)5-6-16(18)13-20/h3-8,11H,9-10,12-13H2,1-2H3. The molecule has 0 saturated carbocycles. The minimum atomic E-state index is -0.347. The monoisotopic (exact) mass is 327 g/mol. The lowest BCUT2D eigenvalue weighted by Crippen LogP contribution is -2.25. The van der Waals surface area contributed by atoms with Crippen LogP contribution in [-0.2, 0) is 17.8 Å². The average molecular weight is 327 g/mol. The van der Waals surface area contributed by atoms with Crippen molar-refractivity contribution < 1.29 is 19.0 Å². The third-order valence-electron chi connectivity index (χ3n) is 4.11. The number of rotatable bonds is 4. The number of nitrogens with zero attached hydrogens (tertiary/aromatic N) is 1. The van der Waals surface area contributed by atoms with Crippen LogP contribution in [0.2, 0.25) is 0 Å². The van der Waals surface area contributed by atoms with Gasteiger partial charge in [0.1, 0.15) is 18.1 Å². The van der Waals surface area contributed by atoms with Crippen molar-refractivity contribution in [2.45, 2.75) is 13.1 Å². The number of hydrogen-bond acceptors (Lipinski definition) is 5. The summed E-state index contributed by atoms with van der Waals surface area (Å²) in [6.07, 6.45) is 0. The van der Waals surface area contributed by atoms with Gasteiger partial charge in [0.25, 0.3) is 0 Å². The summed E-state index contributed by atoms with van der Waals surface area (Å²) in [5.41, 5.74) is 2.82. The Kier molecular flexibility index (Phi) is 5.01. The van der Waals surface area contributed by atoms with Crippen LogP contribution in [-0.4, -0.2) is 38.2 Å². The Balaban J connectivity index is 1.73. The number of carbonyl (C=O) groups is 1. The Morgan fingerprint density at radius 2 is 1.96 bits per heavy atom. The predicted molar refractivity (Wildman–Crippen MR) is 90.4 cm³/mol. The van der Waals surface area contributed by atoms with Crippen molar-refractivity contribution in [3.8, 4) is 11.5 Å². The summed E-state index contributed by atoms with van der Waals surface area (Å²) in [4.78, 5) is 14.0. The van der Waals surface area contributed by atoms with E-state index in [2.05, 4.69) is 17.0 Å². The van der Waals surface area contributed by atoms with Gasteiger partial charge in [-0.25, -0.2) is 4.79 Å². The Morgan fingerprint density at radius 1 is 1.17 bits per heavy atom. The molecule has 0 bridgehead atoms. The van der Waals surface area contributed by atoms with Gasteiger partial charge in [-0.2, -0.15) is 0 Å². The molecule has 0 aromatic heterocycles. The maximum absolute atomic E-state index is 11.6. The molecule has 24 heavy (non-hydrogen) atoms. The number of ether oxygens (including phenoxy) is 3. The number of carbonyl (C=O) groups excluding carboxylic acids is 1. The lowest BCUT2D eigenvalue weighted by molar-refractivity contribution is 0.0600. The lowest BCUT2D eigenvalue weighted by Gasteiger charge is -2.19. The van der Waals surface area contributed by atoms with Crippen LogP contribution < -0.4 is 9.47 Å². The summed E-state index contributed by atoms with van der Waals surface area (Å²) in [5, 5.41) is 0. The highest BCUT2D eigenvalue weighted by atomic mass is 16.5. The molecule has 0 spiro atoms. The fourth-order valence-corrected chi connectivity index (χ4v) is 2.79. The topological polar surface area (TPSA) is 48.0 Å². The molecule has 0 radical (unpaired) electrons. The van der Waals surface area contributed by atoms with Crippen LogP contribution in [0.15, 0.2) is 42.5 Å². The van der Waals surface area contributed by atoms with Gasteiger partial charge < -0.3 is 14.2 Å². The predicted octanol–water partition coefficient (Wildman–Crippen LogP) is 2.88. The summed E-state index contributed by atoms with van der Waals surface area (Å²) >= 11 is 0. The zero-order chi connectivity index (χ0) is 16.9. The molecule has 0 aliphatic carbocycles. The van der Waals surface area contributed by atoms with Crippen molar-refractivity contribution in [2.75, 3.05) is 27.4 Å². The molecular formula is C19H21NO4. The molecule has 3 rings (SSSR count). The van der Waals surface area contributed by atoms with Crippen molar-refractivity contribution in [1.82, 2.24) is 4.90 Å². The quantitative estimate of drug-likeness (QED) is 0.808.